The summed E-state index contributed by atoms with van der Waals surface area (Å²) in [4.78, 5) is 6.47. The summed E-state index contributed by atoms with van der Waals surface area (Å²) in [6.45, 7) is 6.67. The quantitative estimate of drug-likeness (QED) is 0.632. The van der Waals surface area contributed by atoms with Crippen molar-refractivity contribution in [1.82, 2.24) is 4.98 Å². The highest BCUT2D eigenvalue weighted by atomic mass is 32.1. The molecule has 2 heteroatoms. The molecular weight excluding hydrogens is 202 g/mol. The molecule has 15 heavy (non-hydrogen) atoms. The molecule has 0 fully saturated rings. The molecule has 0 aliphatic heterocycles. The summed E-state index contributed by atoms with van der Waals surface area (Å²) in [5, 5.41) is 0. The van der Waals surface area contributed by atoms with Gasteiger partial charge in [0.25, 0.3) is 0 Å². The number of nitrogens with one attached hydrogen (secondary N) is 1. The van der Waals surface area contributed by atoms with Gasteiger partial charge in [-0.2, -0.15) is 0 Å². The van der Waals surface area contributed by atoms with Crippen LogP contribution in [0.1, 0.15) is 41.6 Å². The maximum absolute atomic E-state index is 3.55. The van der Waals surface area contributed by atoms with Gasteiger partial charge in [-0.3, -0.25) is 0 Å². The number of aromatic nitrogens is 1. The minimum Gasteiger partial charge on any atom is -0.361 e. The number of thiophene rings is 1. The maximum atomic E-state index is 3.55. The van der Waals surface area contributed by atoms with Gasteiger partial charge in [0.1, 0.15) is 0 Å². The number of aromatic amines is 1. The van der Waals surface area contributed by atoms with Crippen molar-refractivity contribution >= 4 is 11.3 Å². The van der Waals surface area contributed by atoms with Gasteiger partial charge in [0.05, 0.1) is 0 Å². The largest absolute Gasteiger partial charge is 0.361 e. The molecule has 0 aromatic carbocycles. The van der Waals surface area contributed by atoms with Crippen LogP contribution in [-0.4, -0.2) is 4.98 Å². The average molecular weight is 217 g/mol. The van der Waals surface area contributed by atoms with Crippen LogP contribution in [-0.2, 0) is 6.42 Å². The summed E-state index contributed by atoms with van der Waals surface area (Å²) in [7, 11) is 0. The molecular formula is C13H15NS. The number of aryl methyl sites for hydroxylation is 1. The lowest BCUT2D eigenvalue weighted by Crippen LogP contribution is -1.88. The zero-order valence-electron chi connectivity index (χ0n) is 9.35. The van der Waals surface area contributed by atoms with Crippen LogP contribution in [0.4, 0.5) is 0 Å². The molecule has 3 rings (SSSR count). The van der Waals surface area contributed by atoms with Crippen molar-refractivity contribution < 1.29 is 0 Å². The van der Waals surface area contributed by atoms with E-state index in [1.165, 1.54) is 32.3 Å². The number of hydrogen-bond donors (Lipinski definition) is 1. The molecule has 1 aliphatic carbocycles. The molecule has 0 amide bonds. The molecule has 2 aromatic heterocycles. The second-order valence-corrected chi connectivity index (χ2v) is 5.92. The highest BCUT2D eigenvalue weighted by molar-refractivity contribution is 7.15. The third kappa shape index (κ3) is 1.28. The normalized spacial score (nSPS) is 13.3. The molecule has 0 spiro atoms. The number of hydrogen-bond acceptors (Lipinski definition) is 1. The predicted octanol–water partition coefficient (Wildman–Crippen LogP) is 4.08. The number of fused-ring (bicyclic) bond motifs is 3. The van der Waals surface area contributed by atoms with Gasteiger partial charge < -0.3 is 4.98 Å². The molecule has 1 nitrogen and oxygen atoms in total. The average Bonchev–Trinajstić information content (AvgIpc) is 2.73. The Morgan fingerprint density at radius 2 is 2.13 bits per heavy atom. The van der Waals surface area contributed by atoms with E-state index in [0.717, 1.165) is 6.42 Å². The van der Waals surface area contributed by atoms with Crippen LogP contribution in [0.3, 0.4) is 0 Å². The second kappa shape index (κ2) is 2.99. The van der Waals surface area contributed by atoms with Crippen LogP contribution in [0.15, 0.2) is 12.1 Å². The molecule has 0 atom stereocenters. The third-order valence-corrected chi connectivity index (χ3v) is 4.21. The molecule has 2 aromatic rings. The minimum atomic E-state index is 0.597. The number of H-pyrrole nitrogens is 1. The van der Waals surface area contributed by atoms with Crippen molar-refractivity contribution in [3.63, 3.8) is 0 Å². The summed E-state index contributed by atoms with van der Waals surface area (Å²) in [6.07, 6.45) is 1.10. The third-order valence-electron chi connectivity index (χ3n) is 3.09. The SMILES string of the molecule is Cc1cc2c(s1)-c1cc(C(C)C)[nH]c1C2. The van der Waals surface area contributed by atoms with E-state index >= 15 is 0 Å². The van der Waals surface area contributed by atoms with Crippen molar-refractivity contribution in [2.24, 2.45) is 0 Å². The smallest absolute Gasteiger partial charge is 0.0399 e. The molecule has 2 heterocycles. The van der Waals surface area contributed by atoms with Crippen molar-refractivity contribution in [1.29, 1.82) is 0 Å². The Kier molecular flexibility index (Phi) is 1.84. The zero-order valence-corrected chi connectivity index (χ0v) is 10.2. The molecule has 0 radical (unpaired) electrons. The van der Waals surface area contributed by atoms with Crippen LogP contribution in [0.5, 0.6) is 0 Å². The Morgan fingerprint density at radius 1 is 1.33 bits per heavy atom. The van der Waals surface area contributed by atoms with Gasteiger partial charge >= 0.3 is 0 Å². The van der Waals surface area contributed by atoms with Crippen molar-refractivity contribution in [2.45, 2.75) is 33.1 Å². The monoisotopic (exact) mass is 217 g/mol. The number of rotatable bonds is 1. The Hall–Kier alpha value is -1.02. The van der Waals surface area contributed by atoms with Gasteiger partial charge in [0, 0.05) is 33.1 Å². The van der Waals surface area contributed by atoms with Gasteiger partial charge in [-0.05, 0) is 30.5 Å². The van der Waals surface area contributed by atoms with Gasteiger partial charge in [-0.15, -0.1) is 11.3 Å². The Morgan fingerprint density at radius 3 is 2.87 bits per heavy atom. The lowest BCUT2D eigenvalue weighted by atomic mass is 10.1. The van der Waals surface area contributed by atoms with Crippen molar-refractivity contribution in [3.8, 4) is 10.4 Å². The van der Waals surface area contributed by atoms with E-state index in [2.05, 4.69) is 37.9 Å². The first-order valence-electron chi connectivity index (χ1n) is 5.46. The molecule has 0 saturated heterocycles. The topological polar surface area (TPSA) is 15.8 Å². The predicted molar refractivity (Wildman–Crippen MR) is 65.7 cm³/mol. The Balaban J connectivity index is 2.14. The molecule has 1 aliphatic rings. The van der Waals surface area contributed by atoms with Crippen molar-refractivity contribution in [3.05, 3.63) is 34.0 Å². The minimum absolute atomic E-state index is 0.597. The van der Waals surface area contributed by atoms with Gasteiger partial charge in [-0.1, -0.05) is 13.8 Å². The summed E-state index contributed by atoms with van der Waals surface area (Å²) < 4.78 is 0. The van der Waals surface area contributed by atoms with E-state index in [-0.39, 0.29) is 0 Å². The summed E-state index contributed by atoms with van der Waals surface area (Å²) >= 11 is 1.92. The highest BCUT2D eigenvalue weighted by Crippen LogP contribution is 2.43. The summed E-state index contributed by atoms with van der Waals surface area (Å²) in [6, 6.07) is 4.66. The molecule has 0 saturated carbocycles. The fraction of sp³-hybridized carbons (Fsp3) is 0.385. The van der Waals surface area contributed by atoms with E-state index in [9.17, 15) is 0 Å². The van der Waals surface area contributed by atoms with Gasteiger partial charge in [0.15, 0.2) is 0 Å². The fourth-order valence-corrected chi connectivity index (χ4v) is 3.37. The lowest BCUT2D eigenvalue weighted by Gasteiger charge is -2.00. The fourth-order valence-electron chi connectivity index (χ4n) is 2.29. The van der Waals surface area contributed by atoms with E-state index in [1.807, 2.05) is 11.3 Å². The lowest BCUT2D eigenvalue weighted by molar-refractivity contribution is 0.825. The first-order valence-corrected chi connectivity index (χ1v) is 6.28. The Labute approximate surface area is 94.2 Å². The summed E-state index contributed by atoms with van der Waals surface area (Å²) in [5.74, 6) is 0.597. The van der Waals surface area contributed by atoms with Crippen LogP contribution in [0, 0.1) is 6.92 Å². The summed E-state index contributed by atoms with van der Waals surface area (Å²) in [5.41, 5.74) is 5.75. The zero-order chi connectivity index (χ0) is 10.6. The highest BCUT2D eigenvalue weighted by Gasteiger charge is 2.23. The van der Waals surface area contributed by atoms with E-state index in [4.69, 9.17) is 0 Å². The molecule has 0 unspecified atom stereocenters. The molecule has 1 N–H and O–H groups in total. The Bertz CT molecular complexity index is 517. The second-order valence-electron chi connectivity index (χ2n) is 4.66. The first kappa shape index (κ1) is 9.22. The molecule has 78 valence electrons. The van der Waals surface area contributed by atoms with Crippen LogP contribution < -0.4 is 0 Å². The van der Waals surface area contributed by atoms with E-state index < -0.39 is 0 Å². The van der Waals surface area contributed by atoms with Crippen LogP contribution in [0.25, 0.3) is 10.4 Å². The van der Waals surface area contributed by atoms with Gasteiger partial charge in [-0.25, -0.2) is 0 Å². The van der Waals surface area contributed by atoms with E-state index in [1.54, 1.807) is 0 Å². The first-order chi connectivity index (χ1) is 7.15. The van der Waals surface area contributed by atoms with Crippen LogP contribution >= 0.6 is 11.3 Å². The molecule has 0 bridgehead atoms. The standard InChI is InChI=1S/C13H15NS/c1-7(2)11-6-10-12(14-11)5-9-4-8(3)15-13(9)10/h4,6-7,14H,5H2,1-3H3. The van der Waals surface area contributed by atoms with Crippen LogP contribution in [0.2, 0.25) is 0 Å². The van der Waals surface area contributed by atoms with Crippen molar-refractivity contribution in [2.75, 3.05) is 0 Å². The van der Waals surface area contributed by atoms with E-state index in [0.29, 0.717) is 5.92 Å². The maximum Gasteiger partial charge on any atom is 0.0399 e. The van der Waals surface area contributed by atoms with Gasteiger partial charge in [0.2, 0.25) is 0 Å².